The second-order valence-electron chi connectivity index (χ2n) is 4.35. The molecule has 0 aliphatic carbocycles. The summed E-state index contributed by atoms with van der Waals surface area (Å²) in [7, 11) is 3.44. The summed E-state index contributed by atoms with van der Waals surface area (Å²) in [6.45, 7) is 2.24. The van der Waals surface area contributed by atoms with E-state index < -0.39 is 6.10 Å². The van der Waals surface area contributed by atoms with Gasteiger partial charge in [-0.1, -0.05) is 25.1 Å². The number of hydrogen-bond donors (Lipinski definition) is 1. The molecule has 1 rings (SSSR count). The van der Waals surface area contributed by atoms with Crippen molar-refractivity contribution in [2.24, 2.45) is 0 Å². The van der Waals surface area contributed by atoms with Crippen LogP contribution in [0.2, 0.25) is 0 Å². The van der Waals surface area contributed by atoms with E-state index in [-0.39, 0.29) is 5.91 Å². The first kappa shape index (κ1) is 14.5. The van der Waals surface area contributed by atoms with Crippen molar-refractivity contribution in [2.45, 2.75) is 25.9 Å². The van der Waals surface area contributed by atoms with Gasteiger partial charge in [0.05, 0.1) is 19.1 Å². The van der Waals surface area contributed by atoms with Crippen molar-refractivity contribution in [2.75, 3.05) is 20.7 Å². The smallest absolute Gasteiger partial charge is 0.225 e. The van der Waals surface area contributed by atoms with Gasteiger partial charge in [0.1, 0.15) is 5.75 Å². The minimum Gasteiger partial charge on any atom is -0.493 e. The molecule has 1 aromatic carbocycles. The highest BCUT2D eigenvalue weighted by Gasteiger charge is 2.11. The Morgan fingerprint density at radius 1 is 1.39 bits per heavy atom. The SMILES string of the molecule is CC[C@H](O)c1ccccc1OCCC(=O)N(C)C. The molecule has 0 aliphatic rings. The van der Waals surface area contributed by atoms with Crippen molar-refractivity contribution in [3.05, 3.63) is 29.8 Å². The van der Waals surface area contributed by atoms with E-state index in [2.05, 4.69) is 0 Å². The maximum absolute atomic E-state index is 11.4. The lowest BCUT2D eigenvalue weighted by Crippen LogP contribution is -2.23. The minimum absolute atomic E-state index is 0.0310. The lowest BCUT2D eigenvalue weighted by molar-refractivity contribution is -0.129. The predicted octanol–water partition coefficient (Wildman–Crippen LogP) is 1.99. The van der Waals surface area contributed by atoms with Crippen LogP contribution in [0.1, 0.15) is 31.4 Å². The monoisotopic (exact) mass is 251 g/mol. The van der Waals surface area contributed by atoms with Gasteiger partial charge in [-0.05, 0) is 12.5 Å². The number of aliphatic hydroxyl groups is 1. The lowest BCUT2D eigenvalue weighted by atomic mass is 10.1. The fourth-order valence-electron chi connectivity index (χ4n) is 1.58. The zero-order valence-corrected chi connectivity index (χ0v) is 11.2. The molecule has 18 heavy (non-hydrogen) atoms. The van der Waals surface area contributed by atoms with Crippen LogP contribution < -0.4 is 4.74 Å². The summed E-state index contributed by atoms with van der Waals surface area (Å²) in [6.07, 6.45) is 0.450. The van der Waals surface area contributed by atoms with Gasteiger partial charge in [-0.25, -0.2) is 0 Å². The molecule has 1 atom stereocenters. The molecule has 0 fully saturated rings. The van der Waals surface area contributed by atoms with Crippen molar-refractivity contribution in [1.29, 1.82) is 0 Å². The Labute approximate surface area is 108 Å². The van der Waals surface area contributed by atoms with Gasteiger partial charge < -0.3 is 14.7 Å². The van der Waals surface area contributed by atoms with Gasteiger partial charge in [0.2, 0.25) is 5.91 Å². The largest absolute Gasteiger partial charge is 0.493 e. The molecule has 0 saturated carbocycles. The Kier molecular flexibility index (Phi) is 5.65. The molecule has 0 unspecified atom stereocenters. The summed E-state index contributed by atoms with van der Waals surface area (Å²) in [5.41, 5.74) is 0.775. The van der Waals surface area contributed by atoms with Crippen LogP contribution in [0.3, 0.4) is 0 Å². The van der Waals surface area contributed by atoms with Crippen LogP contribution in [-0.2, 0) is 4.79 Å². The average molecular weight is 251 g/mol. The molecule has 1 aromatic rings. The molecular weight excluding hydrogens is 230 g/mol. The molecule has 4 nitrogen and oxygen atoms in total. The van der Waals surface area contributed by atoms with E-state index in [1.54, 1.807) is 14.1 Å². The summed E-state index contributed by atoms with van der Waals surface area (Å²) in [5, 5.41) is 9.85. The molecule has 0 saturated heterocycles. The average Bonchev–Trinajstić information content (AvgIpc) is 2.38. The Morgan fingerprint density at radius 3 is 2.67 bits per heavy atom. The van der Waals surface area contributed by atoms with E-state index in [0.717, 1.165) is 5.56 Å². The molecule has 1 N–H and O–H groups in total. The van der Waals surface area contributed by atoms with E-state index in [0.29, 0.717) is 25.2 Å². The molecule has 0 heterocycles. The third-order valence-electron chi connectivity index (χ3n) is 2.74. The van der Waals surface area contributed by atoms with Crippen molar-refractivity contribution >= 4 is 5.91 Å². The summed E-state index contributed by atoms with van der Waals surface area (Å²) in [4.78, 5) is 12.9. The van der Waals surface area contributed by atoms with Gasteiger partial charge in [-0.3, -0.25) is 4.79 Å². The standard InChI is InChI=1S/C14H21NO3/c1-4-12(16)11-7-5-6-8-13(11)18-10-9-14(17)15(2)3/h5-8,12,16H,4,9-10H2,1-3H3/t12-/m0/s1. The summed E-state index contributed by atoms with van der Waals surface area (Å²) >= 11 is 0. The number of benzene rings is 1. The first-order chi connectivity index (χ1) is 8.56. The number of carbonyl (C=O) groups is 1. The van der Waals surface area contributed by atoms with Crippen molar-refractivity contribution in [3.8, 4) is 5.75 Å². The van der Waals surface area contributed by atoms with Crippen LogP contribution in [0.15, 0.2) is 24.3 Å². The number of para-hydroxylation sites is 1. The third-order valence-corrected chi connectivity index (χ3v) is 2.74. The fourth-order valence-corrected chi connectivity index (χ4v) is 1.58. The van der Waals surface area contributed by atoms with Gasteiger partial charge in [0.15, 0.2) is 0 Å². The van der Waals surface area contributed by atoms with E-state index in [1.165, 1.54) is 4.90 Å². The molecule has 100 valence electrons. The van der Waals surface area contributed by atoms with Crippen molar-refractivity contribution < 1.29 is 14.6 Å². The van der Waals surface area contributed by atoms with E-state index in [1.807, 2.05) is 31.2 Å². The number of nitrogens with zero attached hydrogens (tertiary/aromatic N) is 1. The molecular formula is C14H21NO3. The van der Waals surface area contributed by atoms with Crippen LogP contribution >= 0.6 is 0 Å². The summed E-state index contributed by atoms with van der Waals surface area (Å²) < 4.78 is 5.57. The zero-order valence-electron chi connectivity index (χ0n) is 11.2. The topological polar surface area (TPSA) is 49.8 Å². The molecule has 0 bridgehead atoms. The number of amides is 1. The summed E-state index contributed by atoms with van der Waals surface area (Å²) in [5.74, 6) is 0.682. The van der Waals surface area contributed by atoms with Crippen LogP contribution in [0.4, 0.5) is 0 Å². The Balaban J connectivity index is 2.59. The third kappa shape index (κ3) is 4.04. The lowest BCUT2D eigenvalue weighted by Gasteiger charge is -2.15. The number of hydrogen-bond acceptors (Lipinski definition) is 3. The second-order valence-corrected chi connectivity index (χ2v) is 4.35. The number of rotatable bonds is 6. The van der Waals surface area contributed by atoms with Crippen LogP contribution in [-0.4, -0.2) is 36.6 Å². The van der Waals surface area contributed by atoms with Crippen LogP contribution in [0.25, 0.3) is 0 Å². The Morgan fingerprint density at radius 2 is 2.06 bits per heavy atom. The first-order valence-corrected chi connectivity index (χ1v) is 6.16. The first-order valence-electron chi connectivity index (χ1n) is 6.16. The predicted molar refractivity (Wildman–Crippen MR) is 70.5 cm³/mol. The van der Waals surface area contributed by atoms with Crippen molar-refractivity contribution in [3.63, 3.8) is 0 Å². The minimum atomic E-state index is -0.522. The van der Waals surface area contributed by atoms with Gasteiger partial charge >= 0.3 is 0 Å². The molecule has 0 radical (unpaired) electrons. The number of ether oxygens (including phenoxy) is 1. The number of aliphatic hydroxyl groups excluding tert-OH is 1. The van der Waals surface area contributed by atoms with E-state index in [9.17, 15) is 9.90 Å². The highest BCUT2D eigenvalue weighted by molar-refractivity contribution is 5.75. The Bertz CT molecular complexity index is 390. The molecule has 0 spiro atoms. The molecule has 1 amide bonds. The van der Waals surface area contributed by atoms with Gasteiger partial charge in [0.25, 0.3) is 0 Å². The maximum atomic E-state index is 11.4. The van der Waals surface area contributed by atoms with E-state index in [4.69, 9.17) is 4.74 Å². The molecule has 4 heteroatoms. The molecule has 0 aliphatic heterocycles. The van der Waals surface area contributed by atoms with Crippen molar-refractivity contribution in [1.82, 2.24) is 4.90 Å². The molecule has 0 aromatic heterocycles. The van der Waals surface area contributed by atoms with Crippen LogP contribution in [0.5, 0.6) is 5.75 Å². The highest BCUT2D eigenvalue weighted by atomic mass is 16.5. The fraction of sp³-hybridized carbons (Fsp3) is 0.500. The second kappa shape index (κ2) is 7.01. The summed E-state index contributed by atoms with van der Waals surface area (Å²) in [6, 6.07) is 7.38. The Hall–Kier alpha value is -1.55. The highest BCUT2D eigenvalue weighted by Crippen LogP contribution is 2.26. The number of carbonyl (C=O) groups excluding carboxylic acids is 1. The van der Waals surface area contributed by atoms with E-state index >= 15 is 0 Å². The normalized spacial score (nSPS) is 12.0. The quantitative estimate of drug-likeness (QED) is 0.841. The van der Waals surface area contributed by atoms with Gasteiger partial charge in [-0.2, -0.15) is 0 Å². The van der Waals surface area contributed by atoms with Gasteiger partial charge in [-0.15, -0.1) is 0 Å². The zero-order chi connectivity index (χ0) is 13.5. The van der Waals surface area contributed by atoms with Crippen LogP contribution in [0, 0.1) is 0 Å². The van der Waals surface area contributed by atoms with Gasteiger partial charge in [0, 0.05) is 19.7 Å². The maximum Gasteiger partial charge on any atom is 0.225 e.